The predicted octanol–water partition coefficient (Wildman–Crippen LogP) is 3.73. The average molecular weight is 308 g/mol. The third kappa shape index (κ3) is 3.42. The molecule has 2 heterocycles. The second kappa shape index (κ2) is 6.65. The van der Waals surface area contributed by atoms with Gasteiger partial charge in [-0.05, 0) is 42.5 Å². The van der Waals surface area contributed by atoms with Crippen LogP contribution in [-0.2, 0) is 17.8 Å². The van der Waals surface area contributed by atoms with E-state index in [0.29, 0.717) is 19.5 Å². The van der Waals surface area contributed by atoms with Crippen LogP contribution in [0.25, 0.3) is 10.8 Å². The van der Waals surface area contributed by atoms with Gasteiger partial charge in [-0.15, -0.1) is 0 Å². The number of fused-ring (bicyclic) bond motifs is 1. The Balaban J connectivity index is 1.74. The molecule has 0 spiro atoms. The molecule has 4 heteroatoms. The second-order valence-electron chi connectivity index (χ2n) is 5.67. The fourth-order valence-corrected chi connectivity index (χ4v) is 2.64. The first-order chi connectivity index (χ1) is 11.2. The summed E-state index contributed by atoms with van der Waals surface area (Å²) in [5, 5.41) is 2.19. The number of hydrogen-bond acceptors (Lipinski definition) is 3. The molecule has 1 amide bonds. The maximum Gasteiger partial charge on any atom is 0.227 e. The van der Waals surface area contributed by atoms with Gasteiger partial charge < -0.3 is 9.32 Å². The number of likely N-dealkylation sites (N-methyl/N-ethyl adjacent to an activating group) is 1. The minimum absolute atomic E-state index is 0.108. The van der Waals surface area contributed by atoms with Crippen molar-refractivity contribution in [3.8, 4) is 0 Å². The van der Waals surface area contributed by atoms with Gasteiger partial charge in [-0.3, -0.25) is 9.78 Å². The van der Waals surface area contributed by atoms with Gasteiger partial charge in [-0.2, -0.15) is 0 Å². The van der Waals surface area contributed by atoms with Crippen molar-refractivity contribution in [1.82, 2.24) is 9.88 Å². The van der Waals surface area contributed by atoms with Crippen LogP contribution in [0.5, 0.6) is 0 Å². The van der Waals surface area contributed by atoms with Crippen molar-refractivity contribution in [1.29, 1.82) is 0 Å². The Morgan fingerprint density at radius 3 is 2.83 bits per heavy atom. The predicted molar refractivity (Wildman–Crippen MR) is 90.0 cm³/mol. The van der Waals surface area contributed by atoms with Crippen molar-refractivity contribution in [3.05, 3.63) is 65.9 Å². The van der Waals surface area contributed by atoms with Crippen LogP contribution in [0.2, 0.25) is 0 Å². The first-order valence-corrected chi connectivity index (χ1v) is 7.80. The number of aryl methyl sites for hydroxylation is 1. The molecule has 3 rings (SSSR count). The summed E-state index contributed by atoms with van der Waals surface area (Å²) in [4.78, 5) is 18.5. The summed E-state index contributed by atoms with van der Waals surface area (Å²) in [6.07, 6.45) is 5.66. The van der Waals surface area contributed by atoms with E-state index in [1.165, 1.54) is 0 Å². The van der Waals surface area contributed by atoms with Crippen molar-refractivity contribution in [3.63, 3.8) is 0 Å². The highest BCUT2D eigenvalue weighted by Crippen LogP contribution is 2.17. The molecular weight excluding hydrogens is 288 g/mol. The molecule has 0 aliphatic heterocycles. The Morgan fingerprint density at radius 2 is 2.09 bits per heavy atom. The number of pyridine rings is 1. The molecule has 0 atom stereocenters. The van der Waals surface area contributed by atoms with Gasteiger partial charge in [-0.25, -0.2) is 0 Å². The molecule has 23 heavy (non-hydrogen) atoms. The average Bonchev–Trinajstić information content (AvgIpc) is 2.97. The van der Waals surface area contributed by atoms with E-state index in [4.69, 9.17) is 4.42 Å². The van der Waals surface area contributed by atoms with Gasteiger partial charge in [0.2, 0.25) is 5.91 Å². The zero-order chi connectivity index (χ0) is 16.2. The number of nitrogens with zero attached hydrogens (tertiary/aromatic N) is 2. The number of aromatic nitrogens is 1. The molecule has 0 unspecified atom stereocenters. The fourth-order valence-electron chi connectivity index (χ4n) is 2.64. The van der Waals surface area contributed by atoms with Gasteiger partial charge >= 0.3 is 0 Å². The summed E-state index contributed by atoms with van der Waals surface area (Å²) in [7, 11) is 0. The lowest BCUT2D eigenvalue weighted by molar-refractivity contribution is -0.131. The maximum absolute atomic E-state index is 12.6. The molecule has 1 aromatic carbocycles. The minimum Gasteiger partial charge on any atom is -0.467 e. The highest BCUT2D eigenvalue weighted by atomic mass is 16.3. The molecule has 0 bridgehead atoms. The number of rotatable bonds is 5. The monoisotopic (exact) mass is 308 g/mol. The van der Waals surface area contributed by atoms with Crippen molar-refractivity contribution in [2.75, 3.05) is 6.54 Å². The third-order valence-electron chi connectivity index (χ3n) is 4.10. The van der Waals surface area contributed by atoms with Gasteiger partial charge in [0, 0.05) is 24.3 Å². The lowest BCUT2D eigenvalue weighted by atomic mass is 10.1. The maximum atomic E-state index is 12.6. The molecule has 0 fully saturated rings. The van der Waals surface area contributed by atoms with E-state index in [0.717, 1.165) is 27.7 Å². The zero-order valence-electron chi connectivity index (χ0n) is 13.5. The number of benzene rings is 1. The largest absolute Gasteiger partial charge is 0.467 e. The summed E-state index contributed by atoms with van der Waals surface area (Å²) in [5.74, 6) is 0.960. The van der Waals surface area contributed by atoms with Gasteiger partial charge in [0.25, 0.3) is 0 Å². The summed E-state index contributed by atoms with van der Waals surface area (Å²) in [6, 6.07) is 9.95. The van der Waals surface area contributed by atoms with Gasteiger partial charge in [0.15, 0.2) is 0 Å². The highest BCUT2D eigenvalue weighted by molar-refractivity contribution is 5.84. The standard InChI is InChI=1S/C19H20N2O2/c1-3-21(13-18-14(2)7-9-23-18)19(22)11-15-4-5-17-12-20-8-6-16(17)10-15/h4-10,12H,3,11,13H2,1-2H3. The Hall–Kier alpha value is -2.62. The molecule has 0 N–H and O–H groups in total. The Bertz CT molecular complexity index is 823. The lowest BCUT2D eigenvalue weighted by Crippen LogP contribution is -2.31. The zero-order valence-corrected chi connectivity index (χ0v) is 13.5. The summed E-state index contributed by atoms with van der Waals surface area (Å²) in [5.41, 5.74) is 2.10. The molecular formula is C19H20N2O2. The molecule has 0 aliphatic carbocycles. The Morgan fingerprint density at radius 1 is 1.22 bits per heavy atom. The van der Waals surface area contributed by atoms with E-state index in [1.807, 2.05) is 49.2 Å². The van der Waals surface area contributed by atoms with Crippen LogP contribution in [0, 0.1) is 6.92 Å². The van der Waals surface area contributed by atoms with E-state index in [9.17, 15) is 4.79 Å². The molecule has 0 saturated carbocycles. The minimum atomic E-state index is 0.108. The smallest absolute Gasteiger partial charge is 0.227 e. The van der Waals surface area contributed by atoms with Crippen LogP contribution in [-0.4, -0.2) is 22.3 Å². The molecule has 2 aromatic heterocycles. The van der Waals surface area contributed by atoms with Crippen LogP contribution in [0.1, 0.15) is 23.8 Å². The van der Waals surface area contributed by atoms with Crippen LogP contribution in [0.15, 0.2) is 53.4 Å². The summed E-state index contributed by atoms with van der Waals surface area (Å²) < 4.78 is 5.45. The van der Waals surface area contributed by atoms with Crippen molar-refractivity contribution < 1.29 is 9.21 Å². The van der Waals surface area contributed by atoms with Gasteiger partial charge in [0.05, 0.1) is 19.2 Å². The van der Waals surface area contributed by atoms with E-state index < -0.39 is 0 Å². The van der Waals surface area contributed by atoms with Crippen LogP contribution >= 0.6 is 0 Å². The molecule has 4 nitrogen and oxygen atoms in total. The van der Waals surface area contributed by atoms with E-state index in [-0.39, 0.29) is 5.91 Å². The van der Waals surface area contributed by atoms with Gasteiger partial charge in [0.1, 0.15) is 5.76 Å². The molecule has 0 saturated heterocycles. The molecule has 0 aliphatic rings. The molecule has 3 aromatic rings. The van der Waals surface area contributed by atoms with E-state index in [2.05, 4.69) is 11.1 Å². The fraction of sp³-hybridized carbons (Fsp3) is 0.263. The first-order valence-electron chi connectivity index (χ1n) is 7.80. The van der Waals surface area contributed by atoms with E-state index >= 15 is 0 Å². The third-order valence-corrected chi connectivity index (χ3v) is 4.10. The highest BCUT2D eigenvalue weighted by Gasteiger charge is 2.15. The van der Waals surface area contributed by atoms with Crippen LogP contribution in [0.4, 0.5) is 0 Å². The molecule has 118 valence electrons. The van der Waals surface area contributed by atoms with Gasteiger partial charge in [-0.1, -0.05) is 18.2 Å². The topological polar surface area (TPSA) is 46.3 Å². The van der Waals surface area contributed by atoms with Crippen LogP contribution < -0.4 is 0 Å². The Labute approximate surface area is 135 Å². The number of carbonyl (C=O) groups excluding carboxylic acids is 1. The number of amides is 1. The second-order valence-corrected chi connectivity index (χ2v) is 5.67. The van der Waals surface area contributed by atoms with Crippen molar-refractivity contribution in [2.45, 2.75) is 26.8 Å². The number of furan rings is 1. The summed E-state index contributed by atoms with van der Waals surface area (Å²) >= 11 is 0. The van der Waals surface area contributed by atoms with Crippen molar-refractivity contribution in [2.24, 2.45) is 0 Å². The SMILES string of the molecule is CCN(Cc1occc1C)C(=O)Cc1ccc2cnccc2c1. The summed E-state index contributed by atoms with van der Waals surface area (Å²) in [6.45, 7) is 5.17. The molecule has 0 radical (unpaired) electrons. The first kappa shape index (κ1) is 15.3. The number of carbonyl (C=O) groups is 1. The van der Waals surface area contributed by atoms with E-state index in [1.54, 1.807) is 12.5 Å². The number of hydrogen-bond donors (Lipinski definition) is 0. The van der Waals surface area contributed by atoms with Crippen molar-refractivity contribution >= 4 is 16.7 Å². The quantitative estimate of drug-likeness (QED) is 0.721. The Kier molecular flexibility index (Phi) is 4.42. The van der Waals surface area contributed by atoms with Crippen LogP contribution in [0.3, 0.4) is 0 Å². The lowest BCUT2D eigenvalue weighted by Gasteiger charge is -2.20. The normalized spacial score (nSPS) is 10.9.